The third-order valence-electron chi connectivity index (χ3n) is 4.15. The normalized spacial score (nSPS) is 16.0. The lowest BCUT2D eigenvalue weighted by atomic mass is 10.1. The molecule has 0 bridgehead atoms. The zero-order chi connectivity index (χ0) is 15.2. The summed E-state index contributed by atoms with van der Waals surface area (Å²) in [4.78, 5) is 8.32. The van der Waals surface area contributed by atoms with Crippen LogP contribution in [0.1, 0.15) is 18.1 Å². The SMILES string of the molecule is CCc1ccc(CCN2CCN(Oc3ccccc3)C2)cc1. The highest BCUT2D eigenvalue weighted by molar-refractivity contribution is 5.23. The lowest BCUT2D eigenvalue weighted by Crippen LogP contribution is -2.29. The minimum absolute atomic E-state index is 0.877. The first-order chi connectivity index (χ1) is 10.8. The first-order valence-electron chi connectivity index (χ1n) is 8.11. The Morgan fingerprint density at radius 1 is 0.909 bits per heavy atom. The van der Waals surface area contributed by atoms with Gasteiger partial charge in [0, 0.05) is 19.6 Å². The molecule has 3 nitrogen and oxygen atoms in total. The minimum atomic E-state index is 0.877. The molecule has 1 heterocycles. The van der Waals surface area contributed by atoms with Gasteiger partial charge in [0.15, 0.2) is 0 Å². The zero-order valence-corrected chi connectivity index (χ0v) is 13.2. The van der Waals surface area contributed by atoms with E-state index in [1.165, 1.54) is 11.1 Å². The fourth-order valence-corrected chi connectivity index (χ4v) is 2.73. The number of hydrogen-bond acceptors (Lipinski definition) is 3. The Balaban J connectivity index is 1.44. The highest BCUT2D eigenvalue weighted by Crippen LogP contribution is 2.14. The maximum absolute atomic E-state index is 5.88. The average molecular weight is 296 g/mol. The van der Waals surface area contributed by atoms with Crippen LogP contribution in [0.5, 0.6) is 5.75 Å². The van der Waals surface area contributed by atoms with E-state index in [1.807, 2.05) is 35.4 Å². The molecule has 0 atom stereocenters. The van der Waals surface area contributed by atoms with Crippen molar-refractivity contribution in [1.82, 2.24) is 9.96 Å². The number of hydrogen-bond donors (Lipinski definition) is 0. The third kappa shape index (κ3) is 4.09. The van der Waals surface area contributed by atoms with Gasteiger partial charge in [0.25, 0.3) is 0 Å². The molecule has 2 aromatic carbocycles. The van der Waals surface area contributed by atoms with Crippen LogP contribution in [0.15, 0.2) is 54.6 Å². The fraction of sp³-hybridized carbons (Fsp3) is 0.368. The van der Waals surface area contributed by atoms with Crippen molar-refractivity contribution in [2.75, 3.05) is 26.3 Å². The van der Waals surface area contributed by atoms with Gasteiger partial charge in [-0.15, -0.1) is 5.06 Å². The van der Waals surface area contributed by atoms with Crippen LogP contribution in [0.25, 0.3) is 0 Å². The first-order valence-corrected chi connectivity index (χ1v) is 8.11. The Kier molecular flexibility index (Phi) is 5.09. The molecule has 0 unspecified atom stereocenters. The summed E-state index contributed by atoms with van der Waals surface area (Å²) in [6, 6.07) is 19.0. The number of nitrogens with zero attached hydrogens (tertiary/aromatic N) is 2. The number of para-hydroxylation sites is 1. The van der Waals surface area contributed by atoms with Crippen molar-refractivity contribution in [2.45, 2.75) is 19.8 Å². The summed E-state index contributed by atoms with van der Waals surface area (Å²) in [6.45, 7) is 6.19. The highest BCUT2D eigenvalue weighted by Gasteiger charge is 2.20. The quantitative estimate of drug-likeness (QED) is 0.813. The van der Waals surface area contributed by atoms with Gasteiger partial charge in [-0.25, -0.2) is 0 Å². The van der Waals surface area contributed by atoms with Crippen molar-refractivity contribution in [2.24, 2.45) is 0 Å². The molecule has 3 rings (SSSR count). The van der Waals surface area contributed by atoms with E-state index in [0.29, 0.717) is 0 Å². The Bertz CT molecular complexity index is 568. The predicted octanol–water partition coefficient (Wildman–Crippen LogP) is 3.36. The number of hydroxylamine groups is 2. The molecule has 0 aromatic heterocycles. The summed E-state index contributed by atoms with van der Waals surface area (Å²) in [6.07, 6.45) is 2.21. The molecule has 116 valence electrons. The van der Waals surface area contributed by atoms with Gasteiger partial charge in [-0.3, -0.25) is 4.90 Å². The van der Waals surface area contributed by atoms with Gasteiger partial charge in [-0.1, -0.05) is 49.4 Å². The molecule has 2 aromatic rings. The van der Waals surface area contributed by atoms with Gasteiger partial charge < -0.3 is 4.84 Å². The van der Waals surface area contributed by atoms with E-state index < -0.39 is 0 Å². The Labute approximate surface area is 133 Å². The van der Waals surface area contributed by atoms with E-state index in [1.54, 1.807) is 0 Å². The van der Waals surface area contributed by atoms with Crippen LogP contribution in [0, 0.1) is 0 Å². The second-order valence-corrected chi connectivity index (χ2v) is 5.79. The van der Waals surface area contributed by atoms with Gasteiger partial charge in [0.2, 0.25) is 0 Å². The van der Waals surface area contributed by atoms with Crippen LogP contribution in [0.4, 0.5) is 0 Å². The van der Waals surface area contributed by atoms with Gasteiger partial charge in [0.05, 0.1) is 6.67 Å². The van der Waals surface area contributed by atoms with Gasteiger partial charge in [-0.05, 0) is 36.1 Å². The van der Waals surface area contributed by atoms with E-state index in [9.17, 15) is 0 Å². The van der Waals surface area contributed by atoms with E-state index in [-0.39, 0.29) is 0 Å². The Morgan fingerprint density at radius 2 is 1.64 bits per heavy atom. The molecule has 0 radical (unpaired) electrons. The molecule has 1 saturated heterocycles. The Morgan fingerprint density at radius 3 is 2.36 bits per heavy atom. The van der Waals surface area contributed by atoms with Crippen molar-refractivity contribution in [3.05, 3.63) is 65.7 Å². The van der Waals surface area contributed by atoms with Crippen molar-refractivity contribution < 1.29 is 4.84 Å². The lowest BCUT2D eigenvalue weighted by molar-refractivity contribution is -0.0485. The van der Waals surface area contributed by atoms with Crippen LogP contribution in [-0.4, -0.2) is 36.3 Å². The van der Waals surface area contributed by atoms with Crippen molar-refractivity contribution in [1.29, 1.82) is 0 Å². The summed E-state index contributed by atoms with van der Waals surface area (Å²) in [5.74, 6) is 0.916. The fourth-order valence-electron chi connectivity index (χ4n) is 2.73. The van der Waals surface area contributed by atoms with E-state index in [0.717, 1.165) is 44.9 Å². The van der Waals surface area contributed by atoms with Crippen LogP contribution >= 0.6 is 0 Å². The highest BCUT2D eigenvalue weighted by atomic mass is 16.7. The molecular weight excluding hydrogens is 272 g/mol. The molecule has 22 heavy (non-hydrogen) atoms. The summed E-state index contributed by atoms with van der Waals surface area (Å²) in [7, 11) is 0. The topological polar surface area (TPSA) is 15.7 Å². The Hall–Kier alpha value is -1.84. The average Bonchev–Trinajstić information content (AvgIpc) is 3.02. The lowest BCUT2D eigenvalue weighted by Gasteiger charge is -2.18. The van der Waals surface area contributed by atoms with Crippen molar-refractivity contribution in [3.8, 4) is 5.75 Å². The molecule has 0 amide bonds. The van der Waals surface area contributed by atoms with Crippen LogP contribution in [0.3, 0.4) is 0 Å². The number of aryl methyl sites for hydroxylation is 1. The van der Waals surface area contributed by atoms with E-state index in [4.69, 9.17) is 4.84 Å². The summed E-state index contributed by atoms with van der Waals surface area (Å²) in [5, 5.41) is 2.04. The smallest absolute Gasteiger partial charge is 0.147 e. The third-order valence-corrected chi connectivity index (χ3v) is 4.15. The van der Waals surface area contributed by atoms with Crippen molar-refractivity contribution >= 4 is 0 Å². The molecule has 1 aliphatic rings. The van der Waals surface area contributed by atoms with E-state index in [2.05, 4.69) is 36.1 Å². The molecule has 0 N–H and O–H groups in total. The zero-order valence-electron chi connectivity index (χ0n) is 13.2. The minimum Gasteiger partial charge on any atom is -0.405 e. The first kappa shape index (κ1) is 15.1. The number of rotatable bonds is 6. The standard InChI is InChI=1S/C19H24N2O/c1-2-17-8-10-18(11-9-17)12-13-20-14-15-21(16-20)22-19-6-4-3-5-7-19/h3-11H,2,12-16H2,1H3. The van der Waals surface area contributed by atoms with Crippen molar-refractivity contribution in [3.63, 3.8) is 0 Å². The molecular formula is C19H24N2O. The maximum atomic E-state index is 5.88. The second kappa shape index (κ2) is 7.43. The maximum Gasteiger partial charge on any atom is 0.147 e. The summed E-state index contributed by atoms with van der Waals surface area (Å²) < 4.78 is 0. The van der Waals surface area contributed by atoms with Crippen LogP contribution < -0.4 is 4.84 Å². The predicted molar refractivity (Wildman–Crippen MR) is 89.7 cm³/mol. The summed E-state index contributed by atoms with van der Waals surface area (Å²) in [5.41, 5.74) is 2.83. The largest absolute Gasteiger partial charge is 0.405 e. The monoisotopic (exact) mass is 296 g/mol. The molecule has 1 fully saturated rings. The summed E-state index contributed by atoms with van der Waals surface area (Å²) >= 11 is 0. The second-order valence-electron chi connectivity index (χ2n) is 5.79. The molecule has 0 saturated carbocycles. The molecule has 0 aliphatic carbocycles. The van der Waals surface area contributed by atoms with Crippen LogP contribution in [0.2, 0.25) is 0 Å². The number of benzene rings is 2. The molecule has 1 aliphatic heterocycles. The molecule has 0 spiro atoms. The molecule has 3 heteroatoms. The van der Waals surface area contributed by atoms with Gasteiger partial charge in [-0.2, -0.15) is 0 Å². The van der Waals surface area contributed by atoms with Gasteiger partial charge >= 0.3 is 0 Å². The van der Waals surface area contributed by atoms with Gasteiger partial charge in [0.1, 0.15) is 5.75 Å². The van der Waals surface area contributed by atoms with Crippen LogP contribution in [-0.2, 0) is 12.8 Å². The van der Waals surface area contributed by atoms with E-state index >= 15 is 0 Å².